The van der Waals surface area contributed by atoms with E-state index in [1.807, 2.05) is 18.1 Å². The molecule has 2 heterocycles. The molecule has 4 rings (SSSR count). The third-order valence-electron chi connectivity index (χ3n) is 5.62. The largest absolute Gasteiger partial charge is 0.308 e. The lowest BCUT2D eigenvalue weighted by Gasteiger charge is -2.24. The quantitative estimate of drug-likeness (QED) is 0.911. The molecule has 2 aliphatic rings. The maximum atomic E-state index is 12.8. The zero-order chi connectivity index (χ0) is 17.2. The van der Waals surface area contributed by atoms with Gasteiger partial charge in [-0.3, -0.25) is 9.48 Å². The van der Waals surface area contributed by atoms with Crippen LogP contribution in [0.4, 0.5) is 5.69 Å². The van der Waals surface area contributed by atoms with Gasteiger partial charge in [-0.2, -0.15) is 5.10 Å². The van der Waals surface area contributed by atoms with E-state index in [4.69, 9.17) is 0 Å². The molecule has 0 radical (unpaired) electrons. The first kappa shape index (κ1) is 16.3. The van der Waals surface area contributed by atoms with Crippen LogP contribution in [0.15, 0.2) is 42.7 Å². The van der Waals surface area contributed by atoms with E-state index < -0.39 is 0 Å². The molecule has 25 heavy (non-hydrogen) atoms. The predicted octanol–water partition coefficient (Wildman–Crippen LogP) is 2.53. The molecule has 1 aliphatic carbocycles. The van der Waals surface area contributed by atoms with Crippen LogP contribution < -0.4 is 10.2 Å². The Kier molecular flexibility index (Phi) is 4.57. The normalized spacial score (nSPS) is 26.5. The number of carbonyl (C=O) groups excluding carboxylic acids is 1. The number of rotatable bonds is 5. The lowest BCUT2D eigenvalue weighted by Crippen LogP contribution is -2.45. The van der Waals surface area contributed by atoms with Crippen molar-refractivity contribution in [3.8, 4) is 0 Å². The van der Waals surface area contributed by atoms with E-state index in [1.54, 1.807) is 10.9 Å². The minimum Gasteiger partial charge on any atom is -0.308 e. The molecule has 0 bridgehead atoms. The van der Waals surface area contributed by atoms with Crippen LogP contribution in [0.1, 0.15) is 31.2 Å². The molecule has 1 saturated carbocycles. The van der Waals surface area contributed by atoms with Crippen LogP contribution in [0.3, 0.4) is 0 Å². The smallest absolute Gasteiger partial charge is 0.244 e. The monoisotopic (exact) mass is 338 g/mol. The molecule has 1 aliphatic heterocycles. The number of nitrogens with zero attached hydrogens (tertiary/aromatic N) is 3. The second kappa shape index (κ2) is 7.00. The van der Waals surface area contributed by atoms with E-state index in [0.29, 0.717) is 12.0 Å². The predicted molar refractivity (Wildman–Crippen MR) is 98.4 cm³/mol. The van der Waals surface area contributed by atoms with Crippen molar-refractivity contribution in [1.29, 1.82) is 0 Å². The van der Waals surface area contributed by atoms with Crippen molar-refractivity contribution in [1.82, 2.24) is 15.1 Å². The molecule has 1 aromatic carbocycles. The fourth-order valence-electron chi connectivity index (χ4n) is 4.31. The molecule has 2 aromatic rings. The second-order valence-corrected chi connectivity index (χ2v) is 7.36. The topological polar surface area (TPSA) is 50.2 Å². The van der Waals surface area contributed by atoms with Gasteiger partial charge in [-0.1, -0.05) is 36.8 Å². The summed E-state index contributed by atoms with van der Waals surface area (Å²) in [6.45, 7) is 0.776. The third-order valence-corrected chi connectivity index (χ3v) is 5.62. The van der Waals surface area contributed by atoms with Gasteiger partial charge in [0.15, 0.2) is 0 Å². The SMILES string of the molecule is Cn1cc(N2CC[C@H](N[C@@H]3CCC[C@@H]3Cc3ccccc3)C2=O)cn1. The zero-order valence-electron chi connectivity index (χ0n) is 14.8. The Morgan fingerprint density at radius 1 is 1.20 bits per heavy atom. The highest BCUT2D eigenvalue weighted by Gasteiger charge is 2.37. The summed E-state index contributed by atoms with van der Waals surface area (Å²) in [6.07, 6.45) is 9.34. The maximum Gasteiger partial charge on any atom is 0.244 e. The van der Waals surface area contributed by atoms with Crippen molar-refractivity contribution < 1.29 is 4.79 Å². The van der Waals surface area contributed by atoms with Crippen LogP contribution in [0.25, 0.3) is 0 Å². The van der Waals surface area contributed by atoms with Gasteiger partial charge in [0.25, 0.3) is 0 Å². The first-order chi connectivity index (χ1) is 12.2. The van der Waals surface area contributed by atoms with Crippen molar-refractivity contribution in [2.45, 2.75) is 44.2 Å². The molecule has 132 valence electrons. The summed E-state index contributed by atoms with van der Waals surface area (Å²) >= 11 is 0. The molecular weight excluding hydrogens is 312 g/mol. The van der Waals surface area contributed by atoms with Crippen molar-refractivity contribution in [3.63, 3.8) is 0 Å². The van der Waals surface area contributed by atoms with E-state index in [2.05, 4.69) is 40.7 Å². The van der Waals surface area contributed by atoms with Crippen molar-refractivity contribution >= 4 is 11.6 Å². The van der Waals surface area contributed by atoms with Gasteiger partial charge in [0, 0.05) is 25.8 Å². The van der Waals surface area contributed by atoms with Gasteiger partial charge in [-0.25, -0.2) is 0 Å². The van der Waals surface area contributed by atoms with Crippen LogP contribution >= 0.6 is 0 Å². The fourth-order valence-corrected chi connectivity index (χ4v) is 4.31. The van der Waals surface area contributed by atoms with Crippen molar-refractivity contribution in [2.75, 3.05) is 11.4 Å². The van der Waals surface area contributed by atoms with Crippen LogP contribution in [-0.2, 0) is 18.3 Å². The van der Waals surface area contributed by atoms with Gasteiger partial charge in [0.1, 0.15) is 0 Å². The van der Waals surface area contributed by atoms with Crippen LogP contribution in [0.5, 0.6) is 0 Å². The maximum absolute atomic E-state index is 12.8. The Morgan fingerprint density at radius 3 is 2.80 bits per heavy atom. The van der Waals surface area contributed by atoms with Gasteiger partial charge in [0.05, 0.1) is 17.9 Å². The number of carbonyl (C=O) groups is 1. The average Bonchev–Trinajstić information content (AvgIpc) is 3.32. The molecule has 1 aromatic heterocycles. The summed E-state index contributed by atoms with van der Waals surface area (Å²) in [5, 5.41) is 7.87. The summed E-state index contributed by atoms with van der Waals surface area (Å²) < 4.78 is 1.75. The summed E-state index contributed by atoms with van der Waals surface area (Å²) in [4.78, 5) is 14.7. The number of anilines is 1. The highest BCUT2D eigenvalue weighted by molar-refractivity contribution is 5.99. The number of hydrogen-bond acceptors (Lipinski definition) is 3. The van der Waals surface area contributed by atoms with Gasteiger partial charge in [-0.05, 0) is 37.2 Å². The number of amides is 1. The van der Waals surface area contributed by atoms with Crippen LogP contribution in [0, 0.1) is 5.92 Å². The average molecular weight is 338 g/mol. The molecule has 1 saturated heterocycles. The molecule has 5 heteroatoms. The van der Waals surface area contributed by atoms with E-state index in [0.717, 1.165) is 25.1 Å². The minimum atomic E-state index is -0.0541. The second-order valence-electron chi connectivity index (χ2n) is 7.36. The number of nitrogens with one attached hydrogen (secondary N) is 1. The Balaban J connectivity index is 1.39. The Hall–Kier alpha value is -2.14. The van der Waals surface area contributed by atoms with E-state index >= 15 is 0 Å². The lowest BCUT2D eigenvalue weighted by molar-refractivity contribution is -0.119. The Bertz CT molecular complexity index is 726. The van der Waals surface area contributed by atoms with Crippen LogP contribution in [0.2, 0.25) is 0 Å². The van der Waals surface area contributed by atoms with Gasteiger partial charge < -0.3 is 10.2 Å². The molecular formula is C20H26N4O. The number of aromatic nitrogens is 2. The number of hydrogen-bond donors (Lipinski definition) is 1. The molecule has 2 fully saturated rings. The van der Waals surface area contributed by atoms with Crippen molar-refractivity contribution in [3.05, 3.63) is 48.3 Å². The minimum absolute atomic E-state index is 0.0541. The third kappa shape index (κ3) is 3.47. The first-order valence-electron chi connectivity index (χ1n) is 9.31. The van der Waals surface area contributed by atoms with Crippen LogP contribution in [-0.4, -0.2) is 34.3 Å². The molecule has 1 N–H and O–H groups in total. The summed E-state index contributed by atoms with van der Waals surface area (Å²) in [6, 6.07) is 11.1. The molecule has 0 spiro atoms. The van der Waals surface area contributed by atoms with E-state index in [9.17, 15) is 4.79 Å². The summed E-state index contributed by atoms with van der Waals surface area (Å²) in [7, 11) is 1.88. The Labute approximate surface area is 149 Å². The number of aryl methyl sites for hydroxylation is 1. The van der Waals surface area contributed by atoms with Gasteiger partial charge >= 0.3 is 0 Å². The lowest BCUT2D eigenvalue weighted by atomic mass is 9.94. The fraction of sp³-hybridized carbons (Fsp3) is 0.500. The first-order valence-corrected chi connectivity index (χ1v) is 9.31. The van der Waals surface area contributed by atoms with Crippen molar-refractivity contribution in [2.24, 2.45) is 13.0 Å². The van der Waals surface area contributed by atoms with Gasteiger partial charge in [-0.15, -0.1) is 0 Å². The zero-order valence-corrected chi connectivity index (χ0v) is 14.8. The number of benzene rings is 1. The highest BCUT2D eigenvalue weighted by Crippen LogP contribution is 2.30. The summed E-state index contributed by atoms with van der Waals surface area (Å²) in [5.41, 5.74) is 2.31. The van der Waals surface area contributed by atoms with Gasteiger partial charge in [0.2, 0.25) is 5.91 Å². The highest BCUT2D eigenvalue weighted by atomic mass is 16.2. The Morgan fingerprint density at radius 2 is 2.04 bits per heavy atom. The van der Waals surface area contributed by atoms with E-state index in [1.165, 1.54) is 24.8 Å². The standard InChI is InChI=1S/C20H26N4O/c1-23-14-17(13-21-23)24-11-10-19(20(24)25)22-18-9-5-8-16(18)12-15-6-3-2-4-7-15/h2-4,6-7,13-14,16,18-19,22H,5,8-12H2,1H3/t16-,18-,19+/m1/s1. The molecule has 5 nitrogen and oxygen atoms in total. The molecule has 1 amide bonds. The molecule has 0 unspecified atom stereocenters. The summed E-state index contributed by atoms with van der Waals surface area (Å²) in [5.74, 6) is 0.820. The van der Waals surface area contributed by atoms with E-state index in [-0.39, 0.29) is 11.9 Å². The molecule has 3 atom stereocenters.